The Labute approximate surface area is 185 Å². The van der Waals surface area contributed by atoms with Crippen molar-refractivity contribution in [3.63, 3.8) is 0 Å². The zero-order valence-electron chi connectivity index (χ0n) is 18.1. The minimum Gasteiger partial charge on any atom is -0.494 e. The number of nitrogens with one attached hydrogen (secondary N) is 1. The average Bonchev–Trinajstić information content (AvgIpc) is 2.83. The van der Waals surface area contributed by atoms with E-state index in [2.05, 4.69) is 65.6 Å². The van der Waals surface area contributed by atoms with Gasteiger partial charge in [0.1, 0.15) is 17.6 Å². The van der Waals surface area contributed by atoms with Gasteiger partial charge in [0.05, 0.1) is 19.7 Å². The van der Waals surface area contributed by atoms with Crippen LogP contribution in [0.1, 0.15) is 30.0 Å². The van der Waals surface area contributed by atoms with Crippen molar-refractivity contribution in [3.8, 4) is 5.75 Å². The standard InChI is InChI=1S/C27H31FN2O/c28-25-13-15-26(16-14-25)31-22-8-7-17-29-18-20-30(21-19-29)27(23-9-3-1-4-10-23)24-11-5-2-6-12-24/h1-6,9-16,27H,7-8,17-22H2/p+1. The maximum absolute atomic E-state index is 12.9. The summed E-state index contributed by atoms with van der Waals surface area (Å²) in [7, 11) is 0. The minimum atomic E-state index is -0.226. The Kier molecular flexibility index (Phi) is 7.70. The van der Waals surface area contributed by atoms with Crippen molar-refractivity contribution in [1.82, 2.24) is 4.90 Å². The van der Waals surface area contributed by atoms with Crippen molar-refractivity contribution in [2.75, 3.05) is 39.3 Å². The average molecular weight is 420 g/mol. The Balaban J connectivity index is 1.24. The summed E-state index contributed by atoms with van der Waals surface area (Å²) in [5.41, 5.74) is 2.80. The Hall–Kier alpha value is -2.69. The molecular weight excluding hydrogens is 387 g/mol. The third-order valence-electron chi connectivity index (χ3n) is 6.12. The van der Waals surface area contributed by atoms with Crippen molar-refractivity contribution in [1.29, 1.82) is 0 Å². The van der Waals surface area contributed by atoms with Crippen LogP contribution in [0.3, 0.4) is 0 Å². The molecule has 0 aromatic heterocycles. The molecule has 3 nitrogen and oxygen atoms in total. The second kappa shape index (κ2) is 11.1. The van der Waals surface area contributed by atoms with Gasteiger partial charge in [-0.25, -0.2) is 4.39 Å². The SMILES string of the molecule is Fc1ccc(OCCCCN2CC[NH+](C(c3ccccc3)c3ccccc3)CC2)cc1. The van der Waals surface area contributed by atoms with Gasteiger partial charge in [0.2, 0.25) is 0 Å². The highest BCUT2D eigenvalue weighted by molar-refractivity contribution is 5.29. The molecule has 1 aliphatic heterocycles. The second-order valence-corrected chi connectivity index (χ2v) is 8.26. The van der Waals surface area contributed by atoms with Gasteiger partial charge in [-0.3, -0.25) is 4.90 Å². The van der Waals surface area contributed by atoms with Gasteiger partial charge in [0, 0.05) is 24.2 Å². The molecule has 0 spiro atoms. The fourth-order valence-corrected chi connectivity index (χ4v) is 4.47. The molecule has 1 saturated heterocycles. The molecule has 0 amide bonds. The predicted molar refractivity (Wildman–Crippen MR) is 123 cm³/mol. The van der Waals surface area contributed by atoms with E-state index < -0.39 is 0 Å². The summed E-state index contributed by atoms with van der Waals surface area (Å²) in [6, 6.07) is 28.5. The van der Waals surface area contributed by atoms with E-state index in [4.69, 9.17) is 4.74 Å². The number of rotatable bonds is 9. The van der Waals surface area contributed by atoms with E-state index in [-0.39, 0.29) is 5.82 Å². The monoisotopic (exact) mass is 419 g/mol. The lowest BCUT2D eigenvalue weighted by Gasteiger charge is -2.37. The number of hydrogen-bond acceptors (Lipinski definition) is 2. The highest BCUT2D eigenvalue weighted by atomic mass is 19.1. The number of quaternary nitrogens is 1. The van der Waals surface area contributed by atoms with Gasteiger partial charge in [0.15, 0.2) is 0 Å². The summed E-state index contributed by atoms with van der Waals surface area (Å²) in [5, 5.41) is 0. The zero-order chi connectivity index (χ0) is 21.3. The molecule has 1 aliphatic rings. The number of nitrogens with zero attached hydrogens (tertiary/aromatic N) is 1. The van der Waals surface area contributed by atoms with Crippen LogP contribution in [0.25, 0.3) is 0 Å². The molecule has 162 valence electrons. The number of piperazine rings is 1. The van der Waals surface area contributed by atoms with Crippen LogP contribution in [-0.4, -0.2) is 44.2 Å². The summed E-state index contributed by atoms with van der Waals surface area (Å²) in [4.78, 5) is 4.22. The van der Waals surface area contributed by atoms with E-state index in [1.165, 1.54) is 23.3 Å². The van der Waals surface area contributed by atoms with Crippen LogP contribution in [0.2, 0.25) is 0 Å². The van der Waals surface area contributed by atoms with Crippen LogP contribution < -0.4 is 9.64 Å². The molecule has 0 radical (unpaired) electrons. The third-order valence-corrected chi connectivity index (χ3v) is 6.12. The predicted octanol–water partition coefficient (Wildman–Crippen LogP) is 3.97. The summed E-state index contributed by atoms with van der Waals surface area (Å²) < 4.78 is 18.7. The molecule has 1 N–H and O–H groups in total. The van der Waals surface area contributed by atoms with Crippen LogP contribution >= 0.6 is 0 Å². The van der Waals surface area contributed by atoms with E-state index in [1.54, 1.807) is 17.0 Å². The minimum absolute atomic E-state index is 0.226. The molecule has 0 saturated carbocycles. The Bertz CT molecular complexity index is 854. The van der Waals surface area contributed by atoms with E-state index in [0.717, 1.165) is 51.3 Å². The number of benzene rings is 3. The molecule has 0 unspecified atom stereocenters. The van der Waals surface area contributed by atoms with Crippen LogP contribution in [0, 0.1) is 5.82 Å². The molecule has 0 atom stereocenters. The molecule has 3 aromatic rings. The second-order valence-electron chi connectivity index (χ2n) is 8.26. The molecule has 0 aliphatic carbocycles. The van der Waals surface area contributed by atoms with E-state index in [0.29, 0.717) is 12.6 Å². The summed E-state index contributed by atoms with van der Waals surface area (Å²) in [6.07, 6.45) is 2.14. The van der Waals surface area contributed by atoms with Crippen molar-refractivity contribution in [2.24, 2.45) is 0 Å². The quantitative estimate of drug-likeness (QED) is 0.529. The van der Waals surface area contributed by atoms with Gasteiger partial charge in [0.25, 0.3) is 0 Å². The van der Waals surface area contributed by atoms with E-state index in [1.807, 2.05) is 0 Å². The molecule has 1 fully saturated rings. The number of unbranched alkanes of at least 4 members (excludes halogenated alkanes) is 1. The van der Waals surface area contributed by atoms with Crippen LogP contribution in [-0.2, 0) is 0 Å². The van der Waals surface area contributed by atoms with Gasteiger partial charge >= 0.3 is 0 Å². The summed E-state index contributed by atoms with van der Waals surface area (Å²) in [5.74, 6) is 0.516. The molecule has 4 heteroatoms. The Morgan fingerprint density at radius 1 is 0.774 bits per heavy atom. The lowest BCUT2D eigenvalue weighted by atomic mass is 9.96. The topological polar surface area (TPSA) is 16.9 Å². The van der Waals surface area contributed by atoms with Gasteiger partial charge in [-0.15, -0.1) is 0 Å². The van der Waals surface area contributed by atoms with E-state index >= 15 is 0 Å². The number of hydrogen-bond donors (Lipinski definition) is 1. The van der Waals surface area contributed by atoms with Crippen molar-refractivity contribution in [3.05, 3.63) is 102 Å². The smallest absolute Gasteiger partial charge is 0.139 e. The first kappa shape index (κ1) is 21.5. The fraction of sp³-hybridized carbons (Fsp3) is 0.333. The normalized spacial score (nSPS) is 15.3. The highest BCUT2D eigenvalue weighted by Crippen LogP contribution is 2.19. The zero-order valence-corrected chi connectivity index (χ0v) is 18.1. The van der Waals surface area contributed by atoms with Crippen LogP contribution in [0.5, 0.6) is 5.75 Å². The van der Waals surface area contributed by atoms with E-state index in [9.17, 15) is 4.39 Å². The highest BCUT2D eigenvalue weighted by Gasteiger charge is 2.29. The Morgan fingerprint density at radius 2 is 1.35 bits per heavy atom. The summed E-state index contributed by atoms with van der Waals surface area (Å²) in [6.45, 7) is 6.36. The largest absolute Gasteiger partial charge is 0.494 e. The summed E-state index contributed by atoms with van der Waals surface area (Å²) >= 11 is 0. The number of ether oxygens (including phenoxy) is 1. The molecular formula is C27H32FN2O+. The number of halogens is 1. The maximum Gasteiger partial charge on any atom is 0.139 e. The van der Waals surface area contributed by atoms with Gasteiger partial charge < -0.3 is 9.64 Å². The van der Waals surface area contributed by atoms with Crippen LogP contribution in [0.4, 0.5) is 4.39 Å². The van der Waals surface area contributed by atoms with Crippen molar-refractivity contribution < 1.29 is 14.0 Å². The molecule has 3 aromatic carbocycles. The first-order chi connectivity index (χ1) is 15.3. The first-order valence-electron chi connectivity index (χ1n) is 11.3. The van der Waals surface area contributed by atoms with Gasteiger partial charge in [-0.2, -0.15) is 0 Å². The third kappa shape index (κ3) is 6.16. The van der Waals surface area contributed by atoms with Crippen LogP contribution in [0.15, 0.2) is 84.9 Å². The van der Waals surface area contributed by atoms with Crippen molar-refractivity contribution >= 4 is 0 Å². The molecule has 4 rings (SSSR count). The molecule has 1 heterocycles. The lowest BCUT2D eigenvalue weighted by Crippen LogP contribution is -3.15. The molecule has 0 bridgehead atoms. The van der Waals surface area contributed by atoms with Crippen molar-refractivity contribution in [2.45, 2.75) is 18.9 Å². The molecule has 31 heavy (non-hydrogen) atoms. The first-order valence-corrected chi connectivity index (χ1v) is 11.3. The van der Waals surface area contributed by atoms with Gasteiger partial charge in [-0.1, -0.05) is 60.7 Å². The Morgan fingerprint density at radius 3 is 1.94 bits per heavy atom. The fourth-order valence-electron chi connectivity index (χ4n) is 4.47. The van der Waals surface area contributed by atoms with Gasteiger partial charge in [-0.05, 0) is 43.7 Å². The maximum atomic E-state index is 12.9. The lowest BCUT2D eigenvalue weighted by molar-refractivity contribution is -0.929.